The minimum Gasteiger partial charge on any atom is -0.300 e. The first-order valence-electron chi connectivity index (χ1n) is 6.22. The summed E-state index contributed by atoms with van der Waals surface area (Å²) in [7, 11) is 0. The molecule has 1 spiro atoms. The summed E-state index contributed by atoms with van der Waals surface area (Å²) in [5.41, 5.74) is -0.193. The Morgan fingerprint density at radius 2 is 1.94 bits per heavy atom. The molecule has 0 N–H and O–H groups in total. The second-order valence-electron chi connectivity index (χ2n) is 5.49. The number of Topliss-reactive ketones (excluding diaryl/α,β-unsaturated/α-hetero) is 2. The molecule has 2 nitrogen and oxygen atoms in total. The van der Waals surface area contributed by atoms with Crippen LogP contribution in [0.4, 0.5) is 0 Å². The van der Waals surface area contributed by atoms with Gasteiger partial charge in [0.05, 0.1) is 0 Å². The number of ketones is 2. The lowest BCUT2D eigenvalue weighted by atomic mass is 9.71. The van der Waals surface area contributed by atoms with Gasteiger partial charge in [0.2, 0.25) is 0 Å². The van der Waals surface area contributed by atoms with Crippen LogP contribution in [0.25, 0.3) is 0 Å². The van der Waals surface area contributed by atoms with Crippen molar-refractivity contribution in [3.8, 4) is 0 Å². The van der Waals surface area contributed by atoms with E-state index in [1.54, 1.807) is 0 Å². The molecule has 17 heavy (non-hydrogen) atoms. The predicted molar refractivity (Wildman–Crippen MR) is 68.7 cm³/mol. The first-order valence-corrected chi connectivity index (χ1v) is 7.02. The van der Waals surface area contributed by atoms with Gasteiger partial charge in [0, 0.05) is 28.7 Å². The first-order chi connectivity index (χ1) is 8.11. The summed E-state index contributed by atoms with van der Waals surface area (Å²) >= 11 is 3.44. The Morgan fingerprint density at radius 3 is 2.65 bits per heavy atom. The van der Waals surface area contributed by atoms with Gasteiger partial charge in [0.15, 0.2) is 0 Å². The van der Waals surface area contributed by atoms with Crippen molar-refractivity contribution in [1.82, 2.24) is 0 Å². The zero-order valence-corrected chi connectivity index (χ0v) is 11.2. The average molecular weight is 295 g/mol. The van der Waals surface area contributed by atoms with E-state index >= 15 is 0 Å². The van der Waals surface area contributed by atoms with Gasteiger partial charge in [-0.25, -0.2) is 0 Å². The quantitative estimate of drug-likeness (QED) is 0.688. The lowest BCUT2D eigenvalue weighted by Crippen LogP contribution is -2.33. The molecule has 3 aliphatic rings. The van der Waals surface area contributed by atoms with E-state index in [0.717, 1.165) is 23.7 Å². The van der Waals surface area contributed by atoms with Crippen LogP contribution in [0.5, 0.6) is 0 Å². The summed E-state index contributed by atoms with van der Waals surface area (Å²) in [5.74, 6) is 1.10. The molecule has 2 atom stereocenters. The van der Waals surface area contributed by atoms with Gasteiger partial charge in [-0.3, -0.25) is 9.59 Å². The van der Waals surface area contributed by atoms with Crippen LogP contribution in [0.3, 0.4) is 0 Å². The highest BCUT2D eigenvalue weighted by Gasteiger charge is 2.52. The zero-order valence-electron chi connectivity index (χ0n) is 9.62. The van der Waals surface area contributed by atoms with Crippen LogP contribution in [-0.2, 0) is 9.59 Å². The molecule has 0 bridgehead atoms. The predicted octanol–water partition coefficient (Wildman–Crippen LogP) is 3.17. The Hall–Kier alpha value is -0.700. The molecule has 0 heterocycles. The van der Waals surface area contributed by atoms with Crippen LogP contribution in [0.2, 0.25) is 0 Å². The maximum Gasteiger partial charge on any atom is 0.146 e. The van der Waals surface area contributed by atoms with Crippen LogP contribution < -0.4 is 0 Å². The van der Waals surface area contributed by atoms with E-state index in [-0.39, 0.29) is 11.3 Å². The number of halogens is 1. The number of hydrogen-bond donors (Lipinski definition) is 0. The van der Waals surface area contributed by atoms with Crippen LogP contribution in [0, 0.1) is 17.3 Å². The standard InChI is InChI=1S/C14H15BrO2/c15-10-2-1-9-8-14(13(17)12(9)7-10)5-3-11(16)4-6-14/h1-2,7,9,12H,3-6,8H2. The highest BCUT2D eigenvalue weighted by molar-refractivity contribution is 9.11. The van der Waals surface area contributed by atoms with E-state index in [4.69, 9.17) is 0 Å². The lowest BCUT2D eigenvalue weighted by molar-refractivity contribution is -0.132. The number of carbonyl (C=O) groups is 2. The Balaban J connectivity index is 1.88. The van der Waals surface area contributed by atoms with Gasteiger partial charge in [-0.15, -0.1) is 0 Å². The molecule has 0 radical (unpaired) electrons. The number of rotatable bonds is 0. The van der Waals surface area contributed by atoms with Gasteiger partial charge in [0.25, 0.3) is 0 Å². The molecule has 2 saturated carbocycles. The van der Waals surface area contributed by atoms with Crippen molar-refractivity contribution in [3.05, 3.63) is 22.7 Å². The van der Waals surface area contributed by atoms with Crippen LogP contribution >= 0.6 is 15.9 Å². The molecule has 0 amide bonds. The second kappa shape index (κ2) is 3.91. The lowest BCUT2D eigenvalue weighted by Gasteiger charge is -2.31. The van der Waals surface area contributed by atoms with E-state index < -0.39 is 0 Å². The molecule has 2 fully saturated rings. The molecule has 2 unspecified atom stereocenters. The zero-order chi connectivity index (χ0) is 12.0. The van der Waals surface area contributed by atoms with Gasteiger partial charge in [0.1, 0.15) is 11.6 Å². The number of allylic oxidation sites excluding steroid dienone is 4. The molecule has 3 aliphatic carbocycles. The second-order valence-corrected chi connectivity index (χ2v) is 6.40. The van der Waals surface area contributed by atoms with Crippen molar-refractivity contribution in [2.75, 3.05) is 0 Å². The van der Waals surface area contributed by atoms with Crippen LogP contribution in [-0.4, -0.2) is 11.6 Å². The van der Waals surface area contributed by atoms with Crippen molar-refractivity contribution in [2.45, 2.75) is 32.1 Å². The van der Waals surface area contributed by atoms with Gasteiger partial charge in [-0.1, -0.05) is 34.2 Å². The third kappa shape index (κ3) is 1.75. The van der Waals surface area contributed by atoms with Gasteiger partial charge in [-0.05, 0) is 25.2 Å². The number of fused-ring (bicyclic) bond motifs is 1. The Labute approximate surface area is 109 Å². The topological polar surface area (TPSA) is 34.1 Å². The van der Waals surface area contributed by atoms with Crippen molar-refractivity contribution in [2.24, 2.45) is 17.3 Å². The minimum atomic E-state index is -0.193. The van der Waals surface area contributed by atoms with Crippen molar-refractivity contribution < 1.29 is 9.59 Å². The van der Waals surface area contributed by atoms with E-state index in [0.29, 0.717) is 30.3 Å². The highest BCUT2D eigenvalue weighted by atomic mass is 79.9. The van der Waals surface area contributed by atoms with Crippen LogP contribution in [0.15, 0.2) is 22.7 Å². The molecule has 0 aliphatic heterocycles. The van der Waals surface area contributed by atoms with E-state index in [2.05, 4.69) is 22.0 Å². The maximum absolute atomic E-state index is 12.6. The van der Waals surface area contributed by atoms with Gasteiger partial charge >= 0.3 is 0 Å². The highest BCUT2D eigenvalue weighted by Crippen LogP contribution is 2.52. The Kier molecular flexibility index (Phi) is 2.62. The third-order valence-electron chi connectivity index (χ3n) is 4.52. The molecule has 0 aromatic heterocycles. The molecular weight excluding hydrogens is 280 g/mol. The van der Waals surface area contributed by atoms with Crippen LogP contribution in [0.1, 0.15) is 32.1 Å². The van der Waals surface area contributed by atoms with E-state index in [1.807, 2.05) is 12.2 Å². The molecule has 90 valence electrons. The summed E-state index contributed by atoms with van der Waals surface area (Å²) in [5, 5.41) is 0. The fourth-order valence-corrected chi connectivity index (χ4v) is 3.95. The first kappa shape index (κ1) is 11.4. The monoisotopic (exact) mass is 294 g/mol. The number of hydrogen-bond acceptors (Lipinski definition) is 2. The van der Waals surface area contributed by atoms with E-state index in [1.165, 1.54) is 0 Å². The fraction of sp³-hybridized carbons (Fsp3) is 0.571. The summed E-state index contributed by atoms with van der Waals surface area (Å²) in [6.07, 6.45) is 9.92. The largest absolute Gasteiger partial charge is 0.300 e. The fourth-order valence-electron chi connectivity index (χ4n) is 3.51. The van der Waals surface area contributed by atoms with Crippen molar-refractivity contribution in [1.29, 1.82) is 0 Å². The summed E-state index contributed by atoms with van der Waals surface area (Å²) in [6, 6.07) is 0. The summed E-state index contributed by atoms with van der Waals surface area (Å²) in [4.78, 5) is 23.9. The summed E-state index contributed by atoms with van der Waals surface area (Å²) in [6.45, 7) is 0. The summed E-state index contributed by atoms with van der Waals surface area (Å²) < 4.78 is 1.01. The molecule has 0 aromatic carbocycles. The Morgan fingerprint density at radius 1 is 1.24 bits per heavy atom. The number of carbonyl (C=O) groups excluding carboxylic acids is 2. The molecule has 0 aromatic rings. The van der Waals surface area contributed by atoms with Gasteiger partial charge in [-0.2, -0.15) is 0 Å². The molecular formula is C14H15BrO2. The minimum absolute atomic E-state index is 0.0441. The van der Waals surface area contributed by atoms with Crippen molar-refractivity contribution >= 4 is 27.5 Å². The normalized spacial score (nSPS) is 35.0. The molecule has 3 rings (SSSR count). The average Bonchev–Trinajstić information content (AvgIpc) is 2.58. The molecule has 0 saturated heterocycles. The third-order valence-corrected chi connectivity index (χ3v) is 5.05. The molecule has 3 heteroatoms. The smallest absolute Gasteiger partial charge is 0.146 e. The van der Waals surface area contributed by atoms with E-state index in [9.17, 15) is 9.59 Å². The Bertz CT molecular complexity index is 437. The maximum atomic E-state index is 12.6. The SMILES string of the molecule is O=C1CCC2(CC1)CC1C=CC(Br)=CC1C2=O. The van der Waals surface area contributed by atoms with Crippen molar-refractivity contribution in [3.63, 3.8) is 0 Å². The van der Waals surface area contributed by atoms with Gasteiger partial charge < -0.3 is 0 Å².